The molecule has 0 aromatic heterocycles. The van der Waals surface area contributed by atoms with Crippen molar-refractivity contribution in [3.05, 3.63) is 95.1 Å². The lowest BCUT2D eigenvalue weighted by molar-refractivity contribution is -0.132. The summed E-state index contributed by atoms with van der Waals surface area (Å²) < 4.78 is 39.5. The number of ether oxygens (including phenoxy) is 2. The highest BCUT2D eigenvalue weighted by molar-refractivity contribution is 5.79. The predicted octanol–water partition coefficient (Wildman–Crippen LogP) is 5.05. The number of nitrogens with zero attached hydrogens (tertiary/aromatic N) is 1. The van der Waals surface area contributed by atoms with Gasteiger partial charge in [0.2, 0.25) is 0 Å². The summed E-state index contributed by atoms with van der Waals surface area (Å²) >= 11 is 0. The molecule has 2 unspecified atom stereocenters. The molecule has 1 aliphatic carbocycles. The molecule has 3 aliphatic rings. The summed E-state index contributed by atoms with van der Waals surface area (Å²) in [7, 11) is 0. The Labute approximate surface area is 208 Å². The van der Waals surface area contributed by atoms with Crippen LogP contribution in [0.25, 0.3) is 11.1 Å². The largest absolute Gasteiger partial charge is 0.448 e. The first-order chi connectivity index (χ1) is 17.4. The van der Waals surface area contributed by atoms with Crippen molar-refractivity contribution in [2.24, 2.45) is 0 Å². The second kappa shape index (κ2) is 8.98. The van der Waals surface area contributed by atoms with E-state index in [1.54, 1.807) is 4.90 Å². The lowest BCUT2D eigenvalue weighted by atomic mass is 9.77. The first-order valence-corrected chi connectivity index (χ1v) is 12.3. The monoisotopic (exact) mass is 491 g/mol. The third-order valence-electron chi connectivity index (χ3n) is 7.71. The minimum absolute atomic E-state index is 0.0257. The number of benzene rings is 3. The minimum Gasteiger partial charge on any atom is -0.448 e. The van der Waals surface area contributed by atoms with E-state index in [1.807, 2.05) is 24.3 Å². The molecule has 1 amide bonds. The average Bonchev–Trinajstić information content (AvgIpc) is 3.18. The van der Waals surface area contributed by atoms with Gasteiger partial charge in [-0.1, -0.05) is 48.5 Å². The van der Waals surface area contributed by atoms with Crippen LogP contribution in [0.3, 0.4) is 0 Å². The van der Waals surface area contributed by atoms with Gasteiger partial charge >= 0.3 is 6.09 Å². The lowest BCUT2D eigenvalue weighted by Gasteiger charge is -2.51. The van der Waals surface area contributed by atoms with Crippen LogP contribution in [0.1, 0.15) is 35.4 Å². The zero-order chi connectivity index (χ0) is 24.9. The molecule has 5 nitrogen and oxygen atoms in total. The second-order valence-corrected chi connectivity index (χ2v) is 10.1. The highest BCUT2D eigenvalue weighted by Gasteiger charge is 2.49. The molecule has 0 radical (unpaired) electrons. The van der Waals surface area contributed by atoms with E-state index in [2.05, 4.69) is 24.3 Å². The number of halogens is 2. The van der Waals surface area contributed by atoms with Crippen LogP contribution in [-0.4, -0.2) is 53.6 Å². The molecule has 36 heavy (non-hydrogen) atoms. The zero-order valence-electron chi connectivity index (χ0n) is 19.7. The normalized spacial score (nSPS) is 24.8. The molecule has 7 heteroatoms. The summed E-state index contributed by atoms with van der Waals surface area (Å²) in [5, 5.41) is 11.3. The maximum absolute atomic E-state index is 14.3. The molecule has 0 saturated carbocycles. The highest BCUT2D eigenvalue weighted by atomic mass is 19.1. The van der Waals surface area contributed by atoms with Crippen molar-refractivity contribution >= 4 is 6.09 Å². The first kappa shape index (κ1) is 23.1. The Kier molecular flexibility index (Phi) is 5.77. The molecule has 3 aromatic carbocycles. The number of carbonyl (C=O) groups is 1. The summed E-state index contributed by atoms with van der Waals surface area (Å²) in [6, 6.07) is 18.8. The Balaban J connectivity index is 1.17. The molecule has 2 fully saturated rings. The molecule has 2 bridgehead atoms. The van der Waals surface area contributed by atoms with Crippen LogP contribution in [-0.2, 0) is 15.9 Å². The van der Waals surface area contributed by atoms with Crippen molar-refractivity contribution in [1.82, 2.24) is 4.90 Å². The van der Waals surface area contributed by atoms with Gasteiger partial charge in [-0.15, -0.1) is 0 Å². The van der Waals surface area contributed by atoms with Crippen molar-refractivity contribution in [3.63, 3.8) is 0 Å². The number of piperidine rings is 1. The Morgan fingerprint density at radius 2 is 1.58 bits per heavy atom. The lowest BCUT2D eigenvalue weighted by Crippen LogP contribution is -2.64. The molecule has 3 aromatic rings. The van der Waals surface area contributed by atoms with Crippen LogP contribution in [0.15, 0.2) is 66.7 Å². The Morgan fingerprint density at radius 3 is 2.22 bits per heavy atom. The van der Waals surface area contributed by atoms with Crippen molar-refractivity contribution in [2.75, 3.05) is 19.8 Å². The second-order valence-electron chi connectivity index (χ2n) is 10.1. The number of aliphatic hydroxyl groups is 1. The maximum Gasteiger partial charge on any atom is 0.410 e. The predicted molar refractivity (Wildman–Crippen MR) is 130 cm³/mol. The van der Waals surface area contributed by atoms with Gasteiger partial charge in [-0.3, -0.25) is 4.90 Å². The smallest absolute Gasteiger partial charge is 0.410 e. The van der Waals surface area contributed by atoms with Crippen LogP contribution in [0.5, 0.6) is 0 Å². The van der Waals surface area contributed by atoms with Gasteiger partial charge in [0.25, 0.3) is 0 Å². The molecule has 2 heterocycles. The Morgan fingerprint density at radius 1 is 0.972 bits per heavy atom. The molecule has 6 rings (SSSR count). The fourth-order valence-corrected chi connectivity index (χ4v) is 6.22. The summed E-state index contributed by atoms with van der Waals surface area (Å²) in [5.41, 5.74) is 3.46. The summed E-state index contributed by atoms with van der Waals surface area (Å²) in [6.07, 6.45) is -0.0655. The number of rotatable bonds is 4. The highest BCUT2D eigenvalue weighted by Crippen LogP contribution is 2.45. The molecular weight excluding hydrogens is 464 g/mol. The summed E-state index contributed by atoms with van der Waals surface area (Å²) in [5.74, 6) is -1.14. The fraction of sp³-hybridized carbons (Fsp3) is 0.345. The third-order valence-corrected chi connectivity index (χ3v) is 7.71. The summed E-state index contributed by atoms with van der Waals surface area (Å²) in [6.45, 7) is 0.728. The van der Waals surface area contributed by atoms with E-state index in [4.69, 9.17) is 9.47 Å². The van der Waals surface area contributed by atoms with Gasteiger partial charge in [-0.05, 0) is 58.9 Å². The van der Waals surface area contributed by atoms with Crippen molar-refractivity contribution < 1.29 is 28.2 Å². The van der Waals surface area contributed by atoms with E-state index >= 15 is 0 Å². The van der Waals surface area contributed by atoms with Gasteiger partial charge in [-0.2, -0.15) is 0 Å². The molecular formula is C29H27F2NO4. The van der Waals surface area contributed by atoms with E-state index in [0.717, 1.165) is 40.5 Å². The quantitative estimate of drug-likeness (QED) is 0.555. The van der Waals surface area contributed by atoms with Gasteiger partial charge in [0.1, 0.15) is 18.2 Å². The standard InChI is InChI=1S/C29H27F2NO4/c30-19-9-10-27(31)18(11-19)12-29(34)13-20-15-35-16-21(14-29)32(20)28(33)36-17-26-24-7-3-1-5-22(24)23-6-2-4-8-25(23)26/h1-11,20-21,26,34H,12-17H2. The van der Waals surface area contributed by atoms with Crippen molar-refractivity contribution in [1.29, 1.82) is 0 Å². The molecule has 2 saturated heterocycles. The number of amides is 1. The van der Waals surface area contributed by atoms with E-state index in [1.165, 1.54) is 0 Å². The van der Waals surface area contributed by atoms with Gasteiger partial charge in [-0.25, -0.2) is 13.6 Å². The third kappa shape index (κ3) is 4.06. The Bertz CT molecular complexity index is 1250. The minimum atomic E-state index is -1.27. The van der Waals surface area contributed by atoms with Crippen LogP contribution in [0.4, 0.5) is 13.6 Å². The molecule has 2 atom stereocenters. The molecule has 1 N–H and O–H groups in total. The topological polar surface area (TPSA) is 59.0 Å². The van der Waals surface area contributed by atoms with Crippen LogP contribution >= 0.6 is 0 Å². The summed E-state index contributed by atoms with van der Waals surface area (Å²) in [4.78, 5) is 15.0. The number of fused-ring (bicyclic) bond motifs is 5. The average molecular weight is 492 g/mol. The molecule has 0 spiro atoms. The van der Waals surface area contributed by atoms with E-state index < -0.39 is 35.4 Å². The number of morpholine rings is 1. The van der Waals surface area contributed by atoms with Gasteiger partial charge in [0, 0.05) is 12.3 Å². The molecule has 2 aliphatic heterocycles. The van der Waals surface area contributed by atoms with Gasteiger partial charge in [0.15, 0.2) is 0 Å². The van der Waals surface area contributed by atoms with Crippen LogP contribution < -0.4 is 0 Å². The zero-order valence-corrected chi connectivity index (χ0v) is 19.7. The maximum atomic E-state index is 14.3. The first-order valence-electron chi connectivity index (χ1n) is 12.3. The SMILES string of the molecule is O=C(OCC1c2ccccc2-c2ccccc21)N1C2COCC1CC(O)(Cc1cc(F)ccc1F)C2. The van der Waals surface area contributed by atoms with E-state index in [9.17, 15) is 18.7 Å². The van der Waals surface area contributed by atoms with E-state index in [-0.39, 0.29) is 50.6 Å². The molecule has 186 valence electrons. The number of carbonyl (C=O) groups excluding carboxylic acids is 1. The van der Waals surface area contributed by atoms with Crippen LogP contribution in [0, 0.1) is 11.6 Å². The van der Waals surface area contributed by atoms with Gasteiger partial charge < -0.3 is 14.6 Å². The van der Waals surface area contributed by atoms with Gasteiger partial charge in [0.05, 0.1) is 30.9 Å². The van der Waals surface area contributed by atoms with Crippen LogP contribution in [0.2, 0.25) is 0 Å². The number of hydrogen-bond acceptors (Lipinski definition) is 4. The van der Waals surface area contributed by atoms with Crippen molar-refractivity contribution in [2.45, 2.75) is 42.9 Å². The number of hydrogen-bond donors (Lipinski definition) is 1. The van der Waals surface area contributed by atoms with Crippen molar-refractivity contribution in [3.8, 4) is 11.1 Å². The van der Waals surface area contributed by atoms with E-state index in [0.29, 0.717) is 0 Å². The Hall–Kier alpha value is -3.29. The fourth-order valence-electron chi connectivity index (χ4n) is 6.22.